The summed E-state index contributed by atoms with van der Waals surface area (Å²) in [4.78, 5) is 0.367. The molecule has 0 amide bonds. The van der Waals surface area contributed by atoms with Crippen LogP contribution in [0.5, 0.6) is 0 Å². The van der Waals surface area contributed by atoms with E-state index in [2.05, 4.69) is 146 Å². The van der Waals surface area contributed by atoms with E-state index in [-0.39, 0.29) is 17.8 Å². The number of alkyl halides is 3. The summed E-state index contributed by atoms with van der Waals surface area (Å²) in [6.07, 6.45) is 28.3. The number of nitrogens with zero attached hydrogens (tertiary/aromatic N) is 1. The molecule has 5 rings (SSSR count). The Balaban J connectivity index is 1.88. The monoisotopic (exact) mass is 1160 g/mol. The van der Waals surface area contributed by atoms with Crippen molar-refractivity contribution in [3.05, 3.63) is 97.1 Å². The summed E-state index contributed by atoms with van der Waals surface area (Å²) in [5, 5.41) is 9.66. The molecule has 0 radical (unpaired) electrons. The van der Waals surface area contributed by atoms with E-state index in [0.29, 0.717) is 4.90 Å². The minimum atomic E-state index is -4.40. The third kappa shape index (κ3) is 19.0. The molecule has 1 aliphatic rings. The molecular formula is C67H108F3NP2SSi3. The zero-order valence-corrected chi connectivity index (χ0v) is 55.9. The van der Waals surface area contributed by atoms with Gasteiger partial charge in [0.15, 0.2) is 0 Å². The average molecular weight is 1160 g/mol. The fraction of sp³-hybridized carbons (Fsp3) is 0.642. The summed E-state index contributed by atoms with van der Waals surface area (Å²) in [5.74, 6) is 0. The summed E-state index contributed by atoms with van der Waals surface area (Å²) in [7, 11) is -8.03. The molecule has 0 spiro atoms. The second kappa shape index (κ2) is 34.8. The molecule has 0 aromatic heterocycles. The van der Waals surface area contributed by atoms with E-state index in [4.69, 9.17) is 0 Å². The smallest absolute Gasteiger partial charge is 0.242 e. The Kier molecular flexibility index (Phi) is 30.0. The highest BCUT2D eigenvalue weighted by Gasteiger charge is 2.42. The number of benzene rings is 4. The van der Waals surface area contributed by atoms with Gasteiger partial charge in [-0.15, -0.1) is 0 Å². The normalized spacial score (nSPS) is 14.5. The molecule has 430 valence electrons. The Labute approximate surface area is 481 Å². The lowest BCUT2D eigenvalue weighted by molar-refractivity contribution is -0.0327. The van der Waals surface area contributed by atoms with Crippen molar-refractivity contribution >= 4 is 88.9 Å². The highest BCUT2D eigenvalue weighted by Crippen LogP contribution is 2.59. The molecule has 1 nitrogen and oxygen atoms in total. The minimum Gasteiger partial charge on any atom is -0.242 e. The summed E-state index contributed by atoms with van der Waals surface area (Å²) < 4.78 is 48.0. The average Bonchev–Trinajstić information content (AvgIpc) is 3.46. The van der Waals surface area contributed by atoms with Crippen LogP contribution < -0.4 is 36.8 Å². The van der Waals surface area contributed by atoms with Crippen LogP contribution in [-0.4, -0.2) is 40.2 Å². The van der Waals surface area contributed by atoms with Crippen LogP contribution >= 0.6 is 27.9 Å². The molecule has 0 saturated heterocycles. The Hall–Kier alpha value is -1.51. The fourth-order valence-corrected chi connectivity index (χ4v) is 37.3. The van der Waals surface area contributed by atoms with Gasteiger partial charge in [-0.3, -0.25) is 0 Å². The Morgan fingerprint density at radius 3 is 0.974 bits per heavy atom. The molecule has 1 fully saturated rings. The molecule has 77 heavy (non-hydrogen) atoms. The molecule has 1 atom stereocenters. The van der Waals surface area contributed by atoms with Crippen molar-refractivity contribution in [1.82, 2.24) is 4.44 Å². The van der Waals surface area contributed by atoms with Crippen LogP contribution in [0.25, 0.3) is 0 Å². The van der Waals surface area contributed by atoms with Gasteiger partial charge in [0.25, 0.3) is 0 Å². The molecule has 4 aromatic carbocycles. The molecule has 0 aliphatic heterocycles. The first-order valence-corrected chi connectivity index (χ1v) is 43.2. The van der Waals surface area contributed by atoms with Crippen molar-refractivity contribution in [2.75, 3.05) is 0 Å². The molecule has 1 saturated carbocycles. The lowest BCUT2D eigenvalue weighted by Crippen LogP contribution is -2.48. The van der Waals surface area contributed by atoms with Gasteiger partial charge in [-0.25, -0.2) is 4.44 Å². The SMILES string of the molecule is CCCC[Si](CCCC)(CCCC)c1ccc(P(c2ccc([Si](CCCC)(CCCC)CCCC)cc2)N(C2CCCCC2)P(c2ccc([Si](CCCC)(CCCC)CCCC)cc2)c2ccccc2SC(F)(F)F)cc1. The van der Waals surface area contributed by atoms with Crippen molar-refractivity contribution in [3.8, 4) is 0 Å². The van der Waals surface area contributed by atoms with Gasteiger partial charge in [-0.2, -0.15) is 13.2 Å². The van der Waals surface area contributed by atoms with Gasteiger partial charge >= 0.3 is 5.51 Å². The van der Waals surface area contributed by atoms with Crippen LogP contribution in [0.2, 0.25) is 54.4 Å². The molecule has 4 aromatic rings. The van der Waals surface area contributed by atoms with Gasteiger partial charge in [-0.1, -0.05) is 358 Å². The maximum Gasteiger partial charge on any atom is 0.446 e. The summed E-state index contributed by atoms with van der Waals surface area (Å²) in [6, 6.07) is 50.7. The summed E-state index contributed by atoms with van der Waals surface area (Å²) >= 11 is 0.113. The van der Waals surface area contributed by atoms with Gasteiger partial charge in [0, 0.05) is 32.4 Å². The van der Waals surface area contributed by atoms with Gasteiger partial charge in [0.2, 0.25) is 0 Å². The van der Waals surface area contributed by atoms with E-state index in [1.54, 1.807) is 21.6 Å². The first-order chi connectivity index (χ1) is 37.4. The predicted molar refractivity (Wildman–Crippen MR) is 352 cm³/mol. The topological polar surface area (TPSA) is 3.24 Å². The van der Waals surface area contributed by atoms with Crippen LogP contribution in [0.3, 0.4) is 0 Å². The second-order valence-corrected chi connectivity index (χ2v) is 43.1. The van der Waals surface area contributed by atoms with Gasteiger partial charge in [0.05, 0.1) is 24.2 Å². The van der Waals surface area contributed by atoms with E-state index >= 15 is 13.2 Å². The summed E-state index contributed by atoms with van der Waals surface area (Å²) in [6.45, 7) is 21.2. The number of unbranched alkanes of at least 4 members (excludes halogenated alkanes) is 9. The number of hydrogen-bond donors (Lipinski definition) is 0. The van der Waals surface area contributed by atoms with E-state index in [1.807, 2.05) is 12.1 Å². The van der Waals surface area contributed by atoms with Crippen molar-refractivity contribution in [2.45, 2.75) is 281 Å². The van der Waals surface area contributed by atoms with Crippen LogP contribution in [-0.2, 0) is 0 Å². The van der Waals surface area contributed by atoms with Crippen molar-refractivity contribution in [1.29, 1.82) is 0 Å². The third-order valence-corrected chi connectivity index (χ3v) is 41.1. The quantitative estimate of drug-likeness (QED) is 0.0250. The zero-order valence-electron chi connectivity index (χ0n) is 50.3. The molecule has 1 aliphatic carbocycles. The summed E-state index contributed by atoms with van der Waals surface area (Å²) in [5.41, 5.74) is -4.40. The van der Waals surface area contributed by atoms with E-state index < -0.39 is 45.9 Å². The van der Waals surface area contributed by atoms with E-state index in [1.165, 1.54) is 192 Å². The zero-order chi connectivity index (χ0) is 55.6. The molecule has 0 bridgehead atoms. The molecule has 1 unspecified atom stereocenters. The largest absolute Gasteiger partial charge is 0.446 e. The Morgan fingerprint density at radius 1 is 0.403 bits per heavy atom. The van der Waals surface area contributed by atoms with Crippen LogP contribution in [0.15, 0.2) is 102 Å². The van der Waals surface area contributed by atoms with Gasteiger partial charge < -0.3 is 0 Å². The van der Waals surface area contributed by atoms with Gasteiger partial charge in [-0.05, 0) is 46.6 Å². The van der Waals surface area contributed by atoms with Crippen LogP contribution in [0.1, 0.15) is 210 Å². The molecule has 0 heterocycles. The lowest BCUT2D eigenvalue weighted by atomic mass is 9.96. The predicted octanol–water partition coefficient (Wildman–Crippen LogP) is 20.5. The first kappa shape index (κ1) is 66.3. The highest BCUT2D eigenvalue weighted by molar-refractivity contribution is 8.01. The van der Waals surface area contributed by atoms with E-state index in [9.17, 15) is 0 Å². The first-order valence-electron chi connectivity index (χ1n) is 31.9. The van der Waals surface area contributed by atoms with Crippen LogP contribution in [0.4, 0.5) is 13.2 Å². The lowest BCUT2D eigenvalue weighted by Gasteiger charge is -2.46. The van der Waals surface area contributed by atoms with Crippen molar-refractivity contribution in [2.24, 2.45) is 0 Å². The fourth-order valence-electron chi connectivity index (χ4n) is 13.3. The maximum atomic E-state index is 15.0. The number of hydrogen-bond acceptors (Lipinski definition) is 2. The number of halogens is 3. The minimum absolute atomic E-state index is 0.113. The molecule has 0 N–H and O–H groups in total. The molecular weight excluding hydrogens is 1050 g/mol. The van der Waals surface area contributed by atoms with E-state index in [0.717, 1.165) is 31.0 Å². The highest BCUT2D eigenvalue weighted by atomic mass is 32.2. The van der Waals surface area contributed by atoms with Crippen molar-refractivity contribution < 1.29 is 13.2 Å². The number of thioether (sulfide) groups is 1. The Bertz CT molecular complexity index is 2060. The maximum absolute atomic E-state index is 15.0. The van der Waals surface area contributed by atoms with Crippen LogP contribution in [0, 0.1) is 0 Å². The second-order valence-electron chi connectivity index (χ2n) is 23.7. The van der Waals surface area contributed by atoms with Gasteiger partial charge in [0.1, 0.15) is 0 Å². The standard InChI is InChI=1S/C67H108F3NP2SSi3/c1-10-19-49-75(50-20-11-2,51-21-12-3)62-43-37-59(38-44-62)72(60-39-45-63(46-40-60)76(52-22-13-4,53-23-14-5)54-24-15-6)71(58-33-29-28-30-34-58)73(65-35-31-32-36-66(65)74-67(68,69)70)61-41-47-64(48-42-61)77(55-25-16-7,56-26-17-8)57-27-18-9/h31-32,35-48,58H,10-30,33-34,49-57H2,1-9H3. The Morgan fingerprint density at radius 2 is 0.688 bits per heavy atom. The number of rotatable bonds is 38. The third-order valence-electron chi connectivity index (χ3n) is 17.9. The van der Waals surface area contributed by atoms with Crippen molar-refractivity contribution in [3.63, 3.8) is 0 Å². The molecule has 10 heteroatoms.